The van der Waals surface area contributed by atoms with E-state index in [9.17, 15) is 9.67 Å². The molecule has 2 rings (SSSR count). The Balaban J connectivity index is 2.03. The van der Waals surface area contributed by atoms with Crippen molar-refractivity contribution in [2.75, 3.05) is 40.4 Å². The van der Waals surface area contributed by atoms with Crippen molar-refractivity contribution in [2.24, 2.45) is 5.92 Å². The molecule has 7 nitrogen and oxygen atoms in total. The van der Waals surface area contributed by atoms with Crippen LogP contribution in [0.1, 0.15) is 19.8 Å². The number of hydrogen-bond donors (Lipinski definition) is 1. The van der Waals surface area contributed by atoms with E-state index in [1.807, 2.05) is 0 Å². The van der Waals surface area contributed by atoms with Crippen molar-refractivity contribution in [3.05, 3.63) is 0 Å². The number of ether oxygens (including phenoxy) is 2. The van der Waals surface area contributed by atoms with E-state index in [1.165, 1.54) is 0 Å². The van der Waals surface area contributed by atoms with Gasteiger partial charge in [-0.1, -0.05) is 6.92 Å². The van der Waals surface area contributed by atoms with Gasteiger partial charge in [0.25, 0.3) is 0 Å². The molecule has 2 saturated heterocycles. The summed E-state index contributed by atoms with van der Waals surface area (Å²) >= 11 is 0. The summed E-state index contributed by atoms with van der Waals surface area (Å²) in [4.78, 5) is 0. The van der Waals surface area contributed by atoms with E-state index in [2.05, 4.69) is 6.92 Å². The molecule has 0 spiro atoms. The van der Waals surface area contributed by atoms with Crippen molar-refractivity contribution in [1.29, 1.82) is 0 Å². The first-order chi connectivity index (χ1) is 11.2. The van der Waals surface area contributed by atoms with Crippen molar-refractivity contribution >= 4 is 23.4 Å². The van der Waals surface area contributed by atoms with E-state index in [-0.39, 0.29) is 31.9 Å². The average molecular weight is 356 g/mol. The number of aliphatic hydroxyl groups is 1. The molecule has 0 aromatic heterocycles. The maximum atomic E-state index is 13.4. The molecule has 0 aliphatic carbocycles. The Kier molecular flexibility index (Phi) is 7.38. The number of rotatable bonds is 6. The van der Waals surface area contributed by atoms with Crippen LogP contribution < -0.4 is 0 Å². The molecule has 2 fully saturated rings. The Labute approximate surface area is 147 Å². The van der Waals surface area contributed by atoms with Crippen molar-refractivity contribution in [3.63, 3.8) is 0 Å². The fourth-order valence-electron chi connectivity index (χ4n) is 3.20. The zero-order chi connectivity index (χ0) is 17.9. The minimum absolute atomic E-state index is 0.180. The summed E-state index contributed by atoms with van der Waals surface area (Å²) < 4.78 is 33.6. The lowest BCUT2D eigenvalue weighted by molar-refractivity contribution is -0.0644. The number of aliphatic hydroxyl groups excluding tert-OH is 1. The van der Waals surface area contributed by atoms with Gasteiger partial charge >= 0.3 is 7.67 Å². The Morgan fingerprint density at radius 1 is 1.21 bits per heavy atom. The highest BCUT2D eigenvalue weighted by Crippen LogP contribution is 2.53. The molecule has 2 heterocycles. The van der Waals surface area contributed by atoms with Gasteiger partial charge in [-0.25, -0.2) is 9.34 Å². The first-order valence-corrected chi connectivity index (χ1v) is 9.88. The lowest BCUT2D eigenvalue weighted by atomic mass is 9.84. The summed E-state index contributed by atoms with van der Waals surface area (Å²) in [6, 6.07) is -0.927. The van der Waals surface area contributed by atoms with Crippen LogP contribution in [-0.4, -0.2) is 94.8 Å². The predicted octanol–water partition coefficient (Wildman–Crippen LogP) is 0.170. The normalized spacial score (nSPS) is 38.1. The highest BCUT2D eigenvalue weighted by atomic mass is 31.2. The Bertz CT molecular complexity index is 449. The molecule has 0 aromatic rings. The van der Waals surface area contributed by atoms with Crippen molar-refractivity contribution in [3.8, 4) is 0 Å². The number of morpholine rings is 1. The van der Waals surface area contributed by atoms with Crippen LogP contribution in [0, 0.1) is 5.92 Å². The van der Waals surface area contributed by atoms with Gasteiger partial charge in [0, 0.05) is 25.1 Å². The molecule has 2 aliphatic heterocycles. The van der Waals surface area contributed by atoms with E-state index in [0.717, 1.165) is 12.8 Å². The van der Waals surface area contributed by atoms with Crippen LogP contribution in [0.2, 0.25) is 0 Å². The molecule has 1 N–H and O–H groups in total. The monoisotopic (exact) mass is 356 g/mol. The quantitative estimate of drug-likeness (QED) is 0.538. The summed E-state index contributed by atoms with van der Waals surface area (Å²) in [5.41, 5.74) is 0. The summed E-state index contributed by atoms with van der Waals surface area (Å²) in [5, 5.41) is 9.34. The minimum Gasteiger partial charge on any atom is -0.394 e. The van der Waals surface area contributed by atoms with Crippen molar-refractivity contribution in [2.45, 2.75) is 44.0 Å². The van der Waals surface area contributed by atoms with Crippen LogP contribution >= 0.6 is 7.67 Å². The maximum Gasteiger partial charge on any atom is 0.345 e. The van der Waals surface area contributed by atoms with Gasteiger partial charge < -0.3 is 19.1 Å². The molecule has 0 aromatic carbocycles. The van der Waals surface area contributed by atoms with E-state index in [4.69, 9.17) is 29.7 Å². The van der Waals surface area contributed by atoms with Crippen LogP contribution in [0.15, 0.2) is 0 Å². The minimum atomic E-state index is -3.29. The van der Waals surface area contributed by atoms with E-state index < -0.39 is 19.8 Å². The molecule has 0 bridgehead atoms. The highest BCUT2D eigenvalue weighted by Gasteiger charge is 2.41. The second-order valence-electron chi connectivity index (χ2n) is 6.86. The van der Waals surface area contributed by atoms with Gasteiger partial charge in [-0.3, -0.25) is 4.57 Å². The third kappa shape index (κ3) is 5.07. The zero-order valence-corrected chi connectivity index (χ0v) is 15.6. The standard InChI is InChI=1S/C14H27B2N2O5P/c1-10-4-11(22-13(15)5-10)9-21-24(20,17(2)3)18-6-12(8-19)23-14(16)7-18/h10-14,19H,4-9H2,1-3H3/t10?,11-,12-,13+,14+,24?/m0/s1. The van der Waals surface area contributed by atoms with Crippen molar-refractivity contribution in [1.82, 2.24) is 9.34 Å². The van der Waals surface area contributed by atoms with E-state index in [0.29, 0.717) is 12.5 Å². The van der Waals surface area contributed by atoms with Gasteiger partial charge in [-0.15, -0.1) is 0 Å². The Hall–Kier alpha value is 0.120. The molecule has 0 saturated carbocycles. The first-order valence-electron chi connectivity index (χ1n) is 8.35. The third-order valence-electron chi connectivity index (χ3n) is 4.33. The second kappa shape index (κ2) is 8.67. The van der Waals surface area contributed by atoms with Crippen LogP contribution in [0.3, 0.4) is 0 Å². The van der Waals surface area contributed by atoms with Gasteiger partial charge in [0.1, 0.15) is 15.7 Å². The van der Waals surface area contributed by atoms with Gasteiger partial charge in [-0.05, 0) is 32.9 Å². The van der Waals surface area contributed by atoms with Gasteiger partial charge in [-0.2, -0.15) is 0 Å². The van der Waals surface area contributed by atoms with Gasteiger partial charge in [0.2, 0.25) is 0 Å². The van der Waals surface area contributed by atoms with Crippen LogP contribution in [0.25, 0.3) is 0 Å². The lowest BCUT2D eigenvalue weighted by Gasteiger charge is -2.42. The molecular formula is C14H27B2N2O5P. The van der Waals surface area contributed by atoms with Crippen LogP contribution in [0.5, 0.6) is 0 Å². The predicted molar refractivity (Wildman–Crippen MR) is 93.1 cm³/mol. The molecule has 2 aliphatic rings. The topological polar surface area (TPSA) is 71.5 Å². The lowest BCUT2D eigenvalue weighted by Crippen LogP contribution is -2.49. The molecule has 134 valence electrons. The molecule has 6 atom stereocenters. The molecular weight excluding hydrogens is 329 g/mol. The summed E-state index contributed by atoms with van der Waals surface area (Å²) in [5.74, 6) is 0.441. The fraction of sp³-hybridized carbons (Fsp3) is 1.00. The zero-order valence-electron chi connectivity index (χ0n) is 14.7. The largest absolute Gasteiger partial charge is 0.394 e. The maximum absolute atomic E-state index is 13.4. The number of hydrogen-bond acceptors (Lipinski definition) is 5. The second-order valence-corrected chi connectivity index (χ2v) is 9.46. The van der Waals surface area contributed by atoms with Crippen LogP contribution in [-0.2, 0) is 18.6 Å². The van der Waals surface area contributed by atoms with Gasteiger partial charge in [0.15, 0.2) is 0 Å². The summed E-state index contributed by atoms with van der Waals surface area (Å²) in [6.07, 6.45) is 0.979. The Morgan fingerprint density at radius 2 is 1.88 bits per heavy atom. The first kappa shape index (κ1) is 20.4. The van der Waals surface area contributed by atoms with E-state index in [1.54, 1.807) is 23.4 Å². The third-order valence-corrected chi connectivity index (χ3v) is 6.87. The summed E-state index contributed by atoms with van der Waals surface area (Å²) in [6.45, 7) is 2.70. The van der Waals surface area contributed by atoms with Gasteiger partial charge in [0.05, 0.1) is 25.4 Å². The molecule has 2 unspecified atom stereocenters. The summed E-state index contributed by atoms with van der Waals surface area (Å²) in [7, 11) is 11.8. The van der Waals surface area contributed by atoms with Crippen LogP contribution in [0.4, 0.5) is 0 Å². The highest BCUT2D eigenvalue weighted by molar-refractivity contribution is 7.53. The fourth-order valence-corrected chi connectivity index (χ4v) is 5.21. The number of nitrogens with zero attached hydrogens (tertiary/aromatic N) is 2. The van der Waals surface area contributed by atoms with E-state index >= 15 is 0 Å². The smallest absolute Gasteiger partial charge is 0.345 e. The molecule has 4 radical (unpaired) electrons. The molecule has 10 heteroatoms. The molecule has 24 heavy (non-hydrogen) atoms. The SMILES string of the molecule is [B][C@H]1CC(C)C[C@@H](COP(=O)(N(C)C)N2C[C@@H](CO)O[C@@H]([B])C2)O1. The van der Waals surface area contributed by atoms with Crippen molar-refractivity contribution < 1.29 is 23.7 Å². The molecule has 0 amide bonds. The average Bonchev–Trinajstić information content (AvgIpc) is 2.50. The Morgan fingerprint density at radius 3 is 2.46 bits per heavy atom.